The highest BCUT2D eigenvalue weighted by molar-refractivity contribution is 6.01. The van der Waals surface area contributed by atoms with Crippen molar-refractivity contribution in [3.8, 4) is 11.1 Å². The Hall–Kier alpha value is -1.90. The summed E-state index contributed by atoms with van der Waals surface area (Å²) < 4.78 is 1.99. The molecule has 1 aliphatic carbocycles. The van der Waals surface area contributed by atoms with Crippen molar-refractivity contribution in [2.45, 2.75) is 39.5 Å². The van der Waals surface area contributed by atoms with Crippen LogP contribution in [0.3, 0.4) is 0 Å². The molecule has 20 heavy (non-hydrogen) atoms. The van der Waals surface area contributed by atoms with Crippen molar-refractivity contribution in [3.63, 3.8) is 0 Å². The molecule has 3 heteroatoms. The lowest BCUT2D eigenvalue weighted by Gasteiger charge is -2.07. The molecule has 1 aliphatic rings. The standard InChI is InChI=1S/C17H20N2O/c1-4-14-17(15(5-2)19(3)18-14)12-6-8-13-11(10-12)7-9-16(13)20/h6,8,10H,4-5,7,9H2,1-3H3. The van der Waals surface area contributed by atoms with Crippen LogP contribution in [0.4, 0.5) is 0 Å². The van der Waals surface area contributed by atoms with Gasteiger partial charge in [-0.15, -0.1) is 0 Å². The van der Waals surface area contributed by atoms with Crippen molar-refractivity contribution in [2.24, 2.45) is 7.05 Å². The summed E-state index contributed by atoms with van der Waals surface area (Å²) in [5, 5.41) is 4.63. The molecule has 1 aromatic heterocycles. The number of carbonyl (C=O) groups is 1. The summed E-state index contributed by atoms with van der Waals surface area (Å²) in [6.45, 7) is 4.30. The van der Waals surface area contributed by atoms with Crippen molar-refractivity contribution in [1.29, 1.82) is 0 Å². The Morgan fingerprint density at radius 1 is 1.20 bits per heavy atom. The van der Waals surface area contributed by atoms with E-state index < -0.39 is 0 Å². The monoisotopic (exact) mass is 268 g/mol. The number of benzene rings is 1. The van der Waals surface area contributed by atoms with Crippen LogP contribution in [0.1, 0.15) is 47.6 Å². The topological polar surface area (TPSA) is 34.9 Å². The van der Waals surface area contributed by atoms with Crippen LogP contribution in [-0.2, 0) is 26.3 Å². The number of fused-ring (bicyclic) bond motifs is 1. The smallest absolute Gasteiger partial charge is 0.163 e. The first kappa shape index (κ1) is 13.1. The van der Waals surface area contributed by atoms with E-state index in [0.29, 0.717) is 6.42 Å². The fraction of sp³-hybridized carbons (Fsp3) is 0.412. The zero-order valence-electron chi connectivity index (χ0n) is 12.4. The predicted molar refractivity (Wildman–Crippen MR) is 80.1 cm³/mol. The van der Waals surface area contributed by atoms with Crippen LogP contribution >= 0.6 is 0 Å². The first-order chi connectivity index (χ1) is 9.65. The number of hydrogen-bond donors (Lipinski definition) is 0. The highest BCUT2D eigenvalue weighted by atomic mass is 16.1. The van der Waals surface area contributed by atoms with Gasteiger partial charge in [0.2, 0.25) is 0 Å². The maximum Gasteiger partial charge on any atom is 0.163 e. The number of carbonyl (C=O) groups excluding carboxylic acids is 1. The van der Waals surface area contributed by atoms with Crippen LogP contribution in [0.25, 0.3) is 11.1 Å². The molecule has 0 aliphatic heterocycles. The minimum absolute atomic E-state index is 0.282. The summed E-state index contributed by atoms with van der Waals surface area (Å²) in [4.78, 5) is 11.7. The van der Waals surface area contributed by atoms with E-state index in [9.17, 15) is 4.79 Å². The second-order valence-electron chi connectivity index (χ2n) is 5.39. The Kier molecular flexibility index (Phi) is 3.20. The molecule has 1 heterocycles. The molecule has 3 rings (SSSR count). The largest absolute Gasteiger partial charge is 0.294 e. The quantitative estimate of drug-likeness (QED) is 0.855. The molecule has 104 valence electrons. The number of nitrogens with zero attached hydrogens (tertiary/aromatic N) is 2. The molecule has 0 bridgehead atoms. The van der Waals surface area contributed by atoms with Crippen molar-refractivity contribution >= 4 is 5.78 Å². The second-order valence-corrected chi connectivity index (χ2v) is 5.39. The van der Waals surface area contributed by atoms with E-state index in [2.05, 4.69) is 31.1 Å². The average Bonchev–Trinajstić information content (AvgIpc) is 2.98. The minimum atomic E-state index is 0.282. The third kappa shape index (κ3) is 1.89. The Balaban J connectivity index is 2.16. The molecule has 0 fully saturated rings. The van der Waals surface area contributed by atoms with Gasteiger partial charge in [0.1, 0.15) is 0 Å². The molecule has 0 amide bonds. The molecule has 3 nitrogen and oxygen atoms in total. The molecule has 0 saturated carbocycles. The van der Waals surface area contributed by atoms with Crippen LogP contribution in [0.15, 0.2) is 18.2 Å². The van der Waals surface area contributed by atoms with Crippen LogP contribution in [0, 0.1) is 0 Å². The number of rotatable bonds is 3. The van der Waals surface area contributed by atoms with Gasteiger partial charge in [0, 0.05) is 30.3 Å². The highest BCUT2D eigenvalue weighted by Crippen LogP contribution is 2.32. The number of ketones is 1. The van der Waals surface area contributed by atoms with E-state index in [-0.39, 0.29) is 5.78 Å². The lowest BCUT2D eigenvalue weighted by atomic mass is 9.97. The van der Waals surface area contributed by atoms with Crippen LogP contribution in [-0.4, -0.2) is 15.6 Å². The van der Waals surface area contributed by atoms with E-state index >= 15 is 0 Å². The van der Waals surface area contributed by atoms with Gasteiger partial charge in [0.25, 0.3) is 0 Å². The third-order valence-electron chi connectivity index (χ3n) is 4.22. The molecule has 1 aromatic carbocycles. The molecule has 2 aromatic rings. The maximum atomic E-state index is 11.7. The van der Waals surface area contributed by atoms with Gasteiger partial charge in [0.05, 0.1) is 5.69 Å². The number of Topliss-reactive ketones (excluding diaryl/α,β-unsaturated/α-hetero) is 1. The maximum absolute atomic E-state index is 11.7. The lowest BCUT2D eigenvalue weighted by molar-refractivity contribution is 0.0994. The summed E-state index contributed by atoms with van der Waals surface area (Å²) in [5.74, 6) is 0.282. The van der Waals surface area contributed by atoms with E-state index in [1.165, 1.54) is 22.4 Å². The lowest BCUT2D eigenvalue weighted by Crippen LogP contribution is -1.97. The highest BCUT2D eigenvalue weighted by Gasteiger charge is 2.22. The van der Waals surface area contributed by atoms with Gasteiger partial charge >= 0.3 is 0 Å². The molecule has 0 unspecified atom stereocenters. The average molecular weight is 268 g/mol. The molecule has 0 N–H and O–H groups in total. The summed E-state index contributed by atoms with van der Waals surface area (Å²) in [6.07, 6.45) is 3.44. The van der Waals surface area contributed by atoms with Crippen molar-refractivity contribution < 1.29 is 4.79 Å². The van der Waals surface area contributed by atoms with Gasteiger partial charge in [-0.3, -0.25) is 9.48 Å². The summed E-state index contributed by atoms with van der Waals surface area (Å²) in [6, 6.07) is 6.26. The molecule has 0 atom stereocenters. The van der Waals surface area contributed by atoms with E-state index in [4.69, 9.17) is 0 Å². The SMILES string of the molecule is CCc1nn(C)c(CC)c1-c1ccc2c(c1)CCC2=O. The molecular formula is C17H20N2O. The van der Waals surface area contributed by atoms with Gasteiger partial charge in [-0.1, -0.05) is 32.0 Å². The molecule has 0 spiro atoms. The third-order valence-corrected chi connectivity index (χ3v) is 4.22. The molecule has 0 radical (unpaired) electrons. The fourth-order valence-corrected chi connectivity index (χ4v) is 3.22. The number of aromatic nitrogens is 2. The van der Waals surface area contributed by atoms with E-state index in [1.807, 2.05) is 17.8 Å². The van der Waals surface area contributed by atoms with Crippen molar-refractivity contribution in [2.75, 3.05) is 0 Å². The van der Waals surface area contributed by atoms with Crippen molar-refractivity contribution in [3.05, 3.63) is 40.7 Å². The van der Waals surface area contributed by atoms with E-state index in [0.717, 1.165) is 30.5 Å². The first-order valence-electron chi connectivity index (χ1n) is 7.37. The zero-order chi connectivity index (χ0) is 14.3. The van der Waals surface area contributed by atoms with Crippen LogP contribution < -0.4 is 0 Å². The summed E-state index contributed by atoms with van der Waals surface area (Å²) in [5.41, 5.74) is 6.99. The Morgan fingerprint density at radius 3 is 2.70 bits per heavy atom. The Morgan fingerprint density at radius 2 is 2.00 bits per heavy atom. The fourth-order valence-electron chi connectivity index (χ4n) is 3.22. The zero-order valence-corrected chi connectivity index (χ0v) is 12.4. The van der Waals surface area contributed by atoms with Crippen molar-refractivity contribution in [1.82, 2.24) is 9.78 Å². The number of aryl methyl sites for hydroxylation is 3. The second kappa shape index (κ2) is 4.89. The van der Waals surface area contributed by atoms with Gasteiger partial charge < -0.3 is 0 Å². The van der Waals surface area contributed by atoms with Gasteiger partial charge in [0.15, 0.2) is 5.78 Å². The minimum Gasteiger partial charge on any atom is -0.294 e. The van der Waals surface area contributed by atoms with E-state index in [1.54, 1.807) is 0 Å². The normalized spacial score (nSPS) is 13.8. The summed E-state index contributed by atoms with van der Waals surface area (Å²) in [7, 11) is 2.01. The molecular weight excluding hydrogens is 248 g/mol. The summed E-state index contributed by atoms with van der Waals surface area (Å²) >= 11 is 0. The van der Waals surface area contributed by atoms with Crippen LogP contribution in [0.2, 0.25) is 0 Å². The first-order valence-corrected chi connectivity index (χ1v) is 7.37. The van der Waals surface area contributed by atoms with Gasteiger partial charge in [-0.25, -0.2) is 0 Å². The van der Waals surface area contributed by atoms with Gasteiger partial charge in [-0.05, 0) is 30.4 Å². The Bertz CT molecular complexity index is 683. The van der Waals surface area contributed by atoms with Crippen LogP contribution in [0.5, 0.6) is 0 Å². The molecule has 0 saturated heterocycles. The number of hydrogen-bond acceptors (Lipinski definition) is 2. The Labute approximate surface area is 119 Å². The predicted octanol–water partition coefficient (Wildman–Crippen LogP) is 3.34. The van der Waals surface area contributed by atoms with Gasteiger partial charge in [-0.2, -0.15) is 5.10 Å².